The Bertz CT molecular complexity index is 452. The summed E-state index contributed by atoms with van der Waals surface area (Å²) in [5, 5.41) is 0. The molecule has 8 aliphatic rings. The third-order valence-electron chi connectivity index (χ3n) is 8.93. The third kappa shape index (κ3) is 0.460. The van der Waals surface area contributed by atoms with Gasteiger partial charge in [0.25, 0.3) is 0 Å². The smallest absolute Gasteiger partial charge is 0.0290 e. The molecular formula is C15H17I. The zero-order valence-electron chi connectivity index (χ0n) is 9.35. The van der Waals surface area contributed by atoms with E-state index in [2.05, 4.69) is 22.6 Å². The third-order valence-corrected chi connectivity index (χ3v) is 10.9. The highest BCUT2D eigenvalue weighted by atomic mass is 127. The normalized spacial score (nSPS) is 90.9. The Balaban J connectivity index is 1.70. The lowest BCUT2D eigenvalue weighted by Gasteiger charge is -2.53. The Morgan fingerprint density at radius 1 is 0.750 bits per heavy atom. The fraction of sp³-hybridized carbons (Fsp3) is 1.00. The first kappa shape index (κ1) is 8.01. The van der Waals surface area contributed by atoms with Crippen LogP contribution >= 0.6 is 22.6 Å². The lowest BCUT2D eigenvalue weighted by Crippen LogP contribution is -2.52. The average Bonchev–Trinajstić information content (AvgIpc) is 2.94. The van der Waals surface area contributed by atoms with E-state index >= 15 is 0 Å². The molecule has 6 bridgehead atoms. The van der Waals surface area contributed by atoms with Crippen LogP contribution in [0.15, 0.2) is 0 Å². The molecular weight excluding hydrogens is 307 g/mol. The number of alkyl halides is 1. The standard InChI is InChI=1S/C15H17I/c16-15-3-7-4-2-8(15)13-10(4)11-5-1-6(9(7)11)14(15)12(5)13/h4-14H,1-3H2/t4-,5+,6-,7+,8-,9+,10-,11+,12+,13-,14+,15+/m1/s1. The molecule has 0 aromatic rings. The fourth-order valence-corrected chi connectivity index (χ4v) is 11.6. The van der Waals surface area contributed by atoms with Crippen molar-refractivity contribution in [3.8, 4) is 0 Å². The maximum Gasteiger partial charge on any atom is 0.0290 e. The second kappa shape index (κ2) is 1.87. The second-order valence-electron chi connectivity index (χ2n) is 8.28. The summed E-state index contributed by atoms with van der Waals surface area (Å²) in [5.74, 6) is 13.7. The van der Waals surface area contributed by atoms with Gasteiger partial charge < -0.3 is 0 Å². The van der Waals surface area contributed by atoms with Crippen LogP contribution in [0.2, 0.25) is 0 Å². The maximum absolute atomic E-state index is 2.99. The lowest BCUT2D eigenvalue weighted by molar-refractivity contribution is 0.0224. The van der Waals surface area contributed by atoms with E-state index in [1.807, 2.05) is 0 Å². The molecule has 8 saturated carbocycles. The molecule has 1 heteroatoms. The summed E-state index contributed by atoms with van der Waals surface area (Å²) in [7, 11) is 0. The minimum Gasteiger partial charge on any atom is -0.0782 e. The Morgan fingerprint density at radius 3 is 2.56 bits per heavy atom. The summed E-state index contributed by atoms with van der Waals surface area (Å²) >= 11 is 2.99. The van der Waals surface area contributed by atoms with Crippen molar-refractivity contribution in [3.63, 3.8) is 0 Å². The van der Waals surface area contributed by atoms with Crippen LogP contribution in [-0.4, -0.2) is 3.42 Å². The van der Waals surface area contributed by atoms with Gasteiger partial charge in [0.2, 0.25) is 0 Å². The average molecular weight is 324 g/mol. The molecule has 16 heavy (non-hydrogen) atoms. The van der Waals surface area contributed by atoms with E-state index in [1.54, 1.807) is 19.3 Å². The maximum atomic E-state index is 2.99. The molecule has 0 unspecified atom stereocenters. The van der Waals surface area contributed by atoms with E-state index in [0.717, 1.165) is 3.42 Å². The van der Waals surface area contributed by atoms with Crippen molar-refractivity contribution < 1.29 is 0 Å². The van der Waals surface area contributed by atoms with Gasteiger partial charge in [0.05, 0.1) is 0 Å². The quantitative estimate of drug-likeness (QED) is 0.474. The van der Waals surface area contributed by atoms with E-state index in [0.29, 0.717) is 0 Å². The predicted octanol–water partition coefficient (Wildman–Crippen LogP) is 3.20. The largest absolute Gasteiger partial charge is 0.0782 e. The molecule has 0 aliphatic heterocycles. The van der Waals surface area contributed by atoms with Crippen LogP contribution in [0.3, 0.4) is 0 Å². The zero-order valence-corrected chi connectivity index (χ0v) is 11.5. The van der Waals surface area contributed by atoms with Crippen LogP contribution in [0.4, 0.5) is 0 Å². The number of hydrogen-bond acceptors (Lipinski definition) is 0. The van der Waals surface area contributed by atoms with Gasteiger partial charge in [-0.1, -0.05) is 22.6 Å². The summed E-state index contributed by atoms with van der Waals surface area (Å²) < 4.78 is 0.824. The van der Waals surface area contributed by atoms with Crippen molar-refractivity contribution in [3.05, 3.63) is 0 Å². The SMILES string of the molecule is I[C@@]12C[C@H]3[C@H]4C[C@@H]1[C@@H]1[C@H]4[C@H]4[C@@H]5C[C@H]([C@@H]34)[C@H]2[C@@H]51. The van der Waals surface area contributed by atoms with Gasteiger partial charge in [0.1, 0.15) is 0 Å². The zero-order chi connectivity index (χ0) is 9.97. The van der Waals surface area contributed by atoms with Gasteiger partial charge in [-0.25, -0.2) is 0 Å². The van der Waals surface area contributed by atoms with Crippen molar-refractivity contribution in [2.24, 2.45) is 65.1 Å². The molecule has 84 valence electrons. The Labute approximate surface area is 110 Å². The van der Waals surface area contributed by atoms with Gasteiger partial charge in [0.15, 0.2) is 0 Å². The second-order valence-corrected chi connectivity index (χ2v) is 10.3. The lowest BCUT2D eigenvalue weighted by atomic mass is 9.56. The van der Waals surface area contributed by atoms with Crippen molar-refractivity contribution in [2.75, 3.05) is 0 Å². The van der Waals surface area contributed by atoms with Crippen LogP contribution in [0.5, 0.6) is 0 Å². The predicted molar refractivity (Wildman–Crippen MR) is 69.0 cm³/mol. The minimum atomic E-state index is 0.824. The first-order valence-electron chi connectivity index (χ1n) is 7.49. The van der Waals surface area contributed by atoms with E-state index in [1.165, 1.54) is 65.1 Å². The number of rotatable bonds is 0. The summed E-state index contributed by atoms with van der Waals surface area (Å²) in [6, 6.07) is 0. The monoisotopic (exact) mass is 324 g/mol. The Kier molecular flexibility index (Phi) is 0.936. The molecule has 8 fully saturated rings. The molecule has 0 radical (unpaired) electrons. The topological polar surface area (TPSA) is 0 Å². The molecule has 0 heterocycles. The summed E-state index contributed by atoms with van der Waals surface area (Å²) in [4.78, 5) is 0. The first-order chi connectivity index (χ1) is 7.81. The van der Waals surface area contributed by atoms with E-state index in [4.69, 9.17) is 0 Å². The van der Waals surface area contributed by atoms with Crippen LogP contribution < -0.4 is 0 Å². The van der Waals surface area contributed by atoms with Crippen LogP contribution in [-0.2, 0) is 0 Å². The van der Waals surface area contributed by atoms with Crippen molar-refractivity contribution >= 4 is 22.6 Å². The van der Waals surface area contributed by atoms with Crippen LogP contribution in [0, 0.1) is 65.1 Å². The van der Waals surface area contributed by atoms with Gasteiger partial charge in [-0.15, -0.1) is 0 Å². The van der Waals surface area contributed by atoms with E-state index in [-0.39, 0.29) is 0 Å². The first-order valence-corrected chi connectivity index (χ1v) is 8.57. The Morgan fingerprint density at radius 2 is 1.62 bits per heavy atom. The van der Waals surface area contributed by atoms with Gasteiger partial charge in [0, 0.05) is 3.42 Å². The minimum absolute atomic E-state index is 0.824. The highest BCUT2D eigenvalue weighted by Gasteiger charge is 2.87. The molecule has 8 rings (SSSR count). The van der Waals surface area contributed by atoms with Crippen molar-refractivity contribution in [1.82, 2.24) is 0 Å². The summed E-state index contributed by atoms with van der Waals surface area (Å²) in [6.07, 6.45) is 5.04. The molecule has 0 nitrogen and oxygen atoms in total. The van der Waals surface area contributed by atoms with Gasteiger partial charge in [-0.3, -0.25) is 0 Å². The van der Waals surface area contributed by atoms with Crippen LogP contribution in [0.25, 0.3) is 0 Å². The molecule has 0 spiro atoms. The van der Waals surface area contributed by atoms with Gasteiger partial charge >= 0.3 is 0 Å². The fourth-order valence-electron chi connectivity index (χ4n) is 9.57. The summed E-state index contributed by atoms with van der Waals surface area (Å²) in [5.41, 5.74) is 0. The van der Waals surface area contributed by atoms with Gasteiger partial charge in [-0.05, 0) is 84.4 Å². The van der Waals surface area contributed by atoms with E-state index in [9.17, 15) is 0 Å². The molecule has 0 N–H and O–H groups in total. The number of hydrogen-bond donors (Lipinski definition) is 0. The molecule has 0 saturated heterocycles. The molecule has 0 aromatic carbocycles. The Hall–Kier alpha value is 0.730. The van der Waals surface area contributed by atoms with Crippen LogP contribution in [0.1, 0.15) is 19.3 Å². The summed E-state index contributed by atoms with van der Waals surface area (Å²) in [6.45, 7) is 0. The molecule has 8 aliphatic carbocycles. The van der Waals surface area contributed by atoms with Gasteiger partial charge in [-0.2, -0.15) is 0 Å². The number of halogens is 1. The van der Waals surface area contributed by atoms with Crippen molar-refractivity contribution in [1.29, 1.82) is 0 Å². The van der Waals surface area contributed by atoms with Crippen molar-refractivity contribution in [2.45, 2.75) is 22.7 Å². The molecule has 0 amide bonds. The molecule has 0 aromatic heterocycles. The molecule has 12 atom stereocenters. The highest BCUT2D eigenvalue weighted by Crippen LogP contribution is 2.91. The van der Waals surface area contributed by atoms with E-state index < -0.39 is 0 Å². The highest BCUT2D eigenvalue weighted by molar-refractivity contribution is 14.1.